The summed E-state index contributed by atoms with van der Waals surface area (Å²) in [5.41, 5.74) is 1.96. The van der Waals surface area contributed by atoms with Crippen LogP contribution in [0, 0.1) is 17.0 Å². The third kappa shape index (κ3) is 4.32. The Kier molecular flexibility index (Phi) is 5.07. The number of nitrogens with one attached hydrogen (secondary N) is 1. The lowest BCUT2D eigenvalue weighted by atomic mass is 10.2. The van der Waals surface area contributed by atoms with Crippen LogP contribution in [0.4, 0.5) is 11.5 Å². The minimum Gasteiger partial charge on any atom is -0.309 e. The largest absolute Gasteiger partial charge is 0.309 e. The Morgan fingerprint density at radius 1 is 1.31 bits per heavy atom. The minimum absolute atomic E-state index is 0.0966. The van der Waals surface area contributed by atoms with Crippen LogP contribution in [-0.2, 0) is 17.9 Å². The van der Waals surface area contributed by atoms with E-state index in [1.54, 1.807) is 6.07 Å². The van der Waals surface area contributed by atoms with E-state index in [1.807, 2.05) is 41.9 Å². The van der Waals surface area contributed by atoms with Gasteiger partial charge in [-0.1, -0.05) is 30.3 Å². The van der Waals surface area contributed by atoms with Crippen molar-refractivity contribution in [3.05, 3.63) is 70.2 Å². The SMILES string of the molecule is Cc1cc(NC(=O)CCn2cc([N+](=O)[O-])cn2)nn1Cc1ccccc1. The molecule has 0 aliphatic carbocycles. The van der Waals surface area contributed by atoms with Crippen molar-refractivity contribution in [2.45, 2.75) is 26.4 Å². The quantitative estimate of drug-likeness (QED) is 0.518. The molecule has 3 rings (SSSR count). The first-order valence-electron chi connectivity index (χ1n) is 8.06. The van der Waals surface area contributed by atoms with Crippen molar-refractivity contribution in [3.8, 4) is 0 Å². The monoisotopic (exact) mass is 354 g/mol. The van der Waals surface area contributed by atoms with Crippen LogP contribution in [0.2, 0.25) is 0 Å². The van der Waals surface area contributed by atoms with Crippen molar-refractivity contribution in [2.75, 3.05) is 5.32 Å². The average molecular weight is 354 g/mol. The predicted molar refractivity (Wildman–Crippen MR) is 94.6 cm³/mol. The molecule has 0 aliphatic rings. The molecule has 3 aromatic rings. The molecule has 0 saturated heterocycles. The summed E-state index contributed by atoms with van der Waals surface area (Å²) in [5, 5.41) is 21.6. The fourth-order valence-electron chi connectivity index (χ4n) is 2.48. The Balaban J connectivity index is 1.55. The highest BCUT2D eigenvalue weighted by Crippen LogP contribution is 2.12. The van der Waals surface area contributed by atoms with E-state index < -0.39 is 4.92 Å². The lowest BCUT2D eigenvalue weighted by Crippen LogP contribution is -2.15. The van der Waals surface area contributed by atoms with Crippen LogP contribution in [0.5, 0.6) is 0 Å². The molecular formula is C17H18N6O3. The van der Waals surface area contributed by atoms with Gasteiger partial charge in [0.15, 0.2) is 5.82 Å². The smallest absolute Gasteiger partial charge is 0.306 e. The molecule has 1 amide bonds. The molecule has 0 fully saturated rings. The molecule has 9 heteroatoms. The number of aromatic nitrogens is 4. The van der Waals surface area contributed by atoms with Gasteiger partial charge >= 0.3 is 5.69 Å². The van der Waals surface area contributed by atoms with Crippen LogP contribution in [-0.4, -0.2) is 30.4 Å². The van der Waals surface area contributed by atoms with Crippen LogP contribution in [0.3, 0.4) is 0 Å². The summed E-state index contributed by atoms with van der Waals surface area (Å²) in [6.07, 6.45) is 2.60. The molecule has 0 unspecified atom stereocenters. The maximum absolute atomic E-state index is 12.1. The molecule has 0 aliphatic heterocycles. The Bertz CT molecular complexity index is 916. The predicted octanol–water partition coefficient (Wildman–Crippen LogP) is 2.37. The molecule has 0 spiro atoms. The van der Waals surface area contributed by atoms with Gasteiger partial charge in [0.2, 0.25) is 5.91 Å². The van der Waals surface area contributed by atoms with E-state index in [-0.39, 0.29) is 24.6 Å². The van der Waals surface area contributed by atoms with Crippen LogP contribution < -0.4 is 5.32 Å². The molecule has 9 nitrogen and oxygen atoms in total. The molecule has 0 atom stereocenters. The first-order chi connectivity index (χ1) is 12.5. The maximum Gasteiger partial charge on any atom is 0.306 e. The van der Waals surface area contributed by atoms with Gasteiger partial charge in [-0.2, -0.15) is 10.2 Å². The van der Waals surface area contributed by atoms with Crippen LogP contribution >= 0.6 is 0 Å². The summed E-state index contributed by atoms with van der Waals surface area (Å²) in [4.78, 5) is 22.2. The number of hydrogen-bond acceptors (Lipinski definition) is 5. The number of rotatable bonds is 7. The third-order valence-corrected chi connectivity index (χ3v) is 3.82. The minimum atomic E-state index is -0.522. The number of hydrogen-bond donors (Lipinski definition) is 1. The molecule has 0 bridgehead atoms. The van der Waals surface area contributed by atoms with E-state index in [1.165, 1.54) is 10.9 Å². The van der Waals surface area contributed by atoms with Gasteiger partial charge in [0.05, 0.1) is 11.5 Å². The highest BCUT2D eigenvalue weighted by molar-refractivity contribution is 5.89. The fourth-order valence-corrected chi connectivity index (χ4v) is 2.48. The van der Waals surface area contributed by atoms with Gasteiger partial charge in [0.25, 0.3) is 0 Å². The zero-order valence-electron chi connectivity index (χ0n) is 14.2. The van der Waals surface area contributed by atoms with Crippen molar-refractivity contribution in [1.29, 1.82) is 0 Å². The molecule has 2 heterocycles. The van der Waals surface area contributed by atoms with Crippen molar-refractivity contribution in [2.24, 2.45) is 0 Å². The summed E-state index contributed by atoms with van der Waals surface area (Å²) in [6, 6.07) is 11.7. The topological polar surface area (TPSA) is 108 Å². The first kappa shape index (κ1) is 17.3. The zero-order chi connectivity index (χ0) is 18.5. The second kappa shape index (κ2) is 7.60. The summed E-state index contributed by atoms with van der Waals surface area (Å²) < 4.78 is 3.19. The van der Waals surface area contributed by atoms with Gasteiger partial charge in [-0.25, -0.2) is 0 Å². The number of anilines is 1. The highest BCUT2D eigenvalue weighted by atomic mass is 16.6. The lowest BCUT2D eigenvalue weighted by Gasteiger charge is -2.04. The number of aryl methyl sites for hydroxylation is 2. The first-order valence-corrected chi connectivity index (χ1v) is 8.06. The molecular weight excluding hydrogens is 336 g/mol. The summed E-state index contributed by atoms with van der Waals surface area (Å²) in [5.74, 6) is 0.252. The van der Waals surface area contributed by atoms with E-state index >= 15 is 0 Å². The van der Waals surface area contributed by atoms with Crippen molar-refractivity contribution < 1.29 is 9.72 Å². The van der Waals surface area contributed by atoms with E-state index in [0.29, 0.717) is 12.4 Å². The number of nitro groups is 1. The number of carbonyl (C=O) groups excluding carboxylic acids is 1. The molecule has 2 aromatic heterocycles. The zero-order valence-corrected chi connectivity index (χ0v) is 14.2. The summed E-state index contributed by atoms with van der Waals surface area (Å²) >= 11 is 0. The molecule has 0 radical (unpaired) electrons. The van der Waals surface area contributed by atoms with E-state index in [2.05, 4.69) is 15.5 Å². The lowest BCUT2D eigenvalue weighted by molar-refractivity contribution is -0.385. The van der Waals surface area contributed by atoms with Crippen molar-refractivity contribution in [1.82, 2.24) is 19.6 Å². The van der Waals surface area contributed by atoms with E-state index in [0.717, 1.165) is 17.5 Å². The molecule has 1 N–H and O–H groups in total. The summed E-state index contributed by atoms with van der Waals surface area (Å²) in [6.45, 7) is 2.80. The Morgan fingerprint density at radius 2 is 2.08 bits per heavy atom. The average Bonchev–Trinajstić information content (AvgIpc) is 3.21. The molecule has 134 valence electrons. The molecule has 26 heavy (non-hydrogen) atoms. The molecule has 0 saturated carbocycles. The molecule has 1 aromatic carbocycles. The van der Waals surface area contributed by atoms with Gasteiger partial charge in [-0.05, 0) is 12.5 Å². The Labute approximate surface area is 149 Å². The van der Waals surface area contributed by atoms with Gasteiger partial charge in [0.1, 0.15) is 12.4 Å². The van der Waals surface area contributed by atoms with Crippen molar-refractivity contribution in [3.63, 3.8) is 0 Å². The second-order valence-corrected chi connectivity index (χ2v) is 5.83. The Morgan fingerprint density at radius 3 is 2.77 bits per heavy atom. The maximum atomic E-state index is 12.1. The van der Waals surface area contributed by atoms with Crippen LogP contribution in [0.15, 0.2) is 48.8 Å². The normalized spacial score (nSPS) is 10.7. The highest BCUT2D eigenvalue weighted by Gasteiger charge is 2.11. The number of carbonyl (C=O) groups is 1. The standard InChI is InChI=1S/C17H18N6O3/c1-13-9-16(20-22(13)11-14-5-3-2-4-6-14)19-17(24)7-8-21-12-15(10-18-21)23(25)26/h2-6,9-10,12H,7-8,11H2,1H3,(H,19,20,24). The number of amides is 1. The fraction of sp³-hybridized carbons (Fsp3) is 0.235. The third-order valence-electron chi connectivity index (χ3n) is 3.82. The second-order valence-electron chi connectivity index (χ2n) is 5.83. The van der Waals surface area contributed by atoms with Crippen molar-refractivity contribution >= 4 is 17.4 Å². The van der Waals surface area contributed by atoms with Gasteiger partial charge in [-0.15, -0.1) is 0 Å². The van der Waals surface area contributed by atoms with Gasteiger partial charge < -0.3 is 5.32 Å². The van der Waals surface area contributed by atoms with E-state index in [9.17, 15) is 14.9 Å². The van der Waals surface area contributed by atoms with Gasteiger partial charge in [0, 0.05) is 24.7 Å². The van der Waals surface area contributed by atoms with Crippen LogP contribution in [0.25, 0.3) is 0 Å². The van der Waals surface area contributed by atoms with Crippen LogP contribution in [0.1, 0.15) is 17.7 Å². The number of nitrogens with zero attached hydrogens (tertiary/aromatic N) is 5. The van der Waals surface area contributed by atoms with E-state index in [4.69, 9.17) is 0 Å². The van der Waals surface area contributed by atoms with Gasteiger partial charge in [-0.3, -0.25) is 24.3 Å². The Hall–Kier alpha value is -3.49. The number of benzene rings is 1. The summed E-state index contributed by atoms with van der Waals surface area (Å²) in [7, 11) is 0.